The Labute approximate surface area is 63.5 Å². The number of nitrogens with two attached hydrogens (primary N) is 1. The number of nitrogens with zero attached hydrogens (tertiary/aromatic N) is 1. The molecule has 0 aliphatic rings. The third kappa shape index (κ3) is 1.76. The monoisotopic (exact) mass is 158 g/mol. The summed E-state index contributed by atoms with van der Waals surface area (Å²) in [5.41, 5.74) is 6.96. The first kappa shape index (κ1) is 7.65. The zero-order valence-electron chi connectivity index (χ0n) is 5.53. The molecule has 3 N–H and O–H groups in total. The highest BCUT2D eigenvalue weighted by molar-refractivity contribution is 7.09. The largest absolute Gasteiger partial charge is 0.387 e. The summed E-state index contributed by atoms with van der Waals surface area (Å²) in [4.78, 5) is 4.74. The summed E-state index contributed by atoms with van der Waals surface area (Å²) < 4.78 is 0. The van der Waals surface area contributed by atoms with E-state index >= 15 is 0 Å². The van der Waals surface area contributed by atoms with Crippen LogP contribution in [0.25, 0.3) is 0 Å². The number of aliphatic hydroxyl groups excluding tert-OH is 1. The second-order valence-corrected chi connectivity index (χ2v) is 2.91. The fourth-order valence-corrected chi connectivity index (χ4v) is 1.33. The molecule has 1 aromatic rings. The molecule has 56 valence electrons. The van der Waals surface area contributed by atoms with Gasteiger partial charge in [0, 0.05) is 6.20 Å². The number of hydrogen-bond donors (Lipinski definition) is 2. The van der Waals surface area contributed by atoms with E-state index in [1.165, 1.54) is 11.3 Å². The van der Waals surface area contributed by atoms with Crippen molar-refractivity contribution in [2.45, 2.75) is 12.5 Å². The molecule has 1 atom stereocenters. The Morgan fingerprint density at radius 2 is 2.60 bits per heavy atom. The first-order valence-electron chi connectivity index (χ1n) is 3.11. The molecule has 0 unspecified atom stereocenters. The maximum absolute atomic E-state index is 9.30. The van der Waals surface area contributed by atoms with Crippen LogP contribution in [0.3, 0.4) is 0 Å². The van der Waals surface area contributed by atoms with E-state index in [0.717, 1.165) is 4.88 Å². The van der Waals surface area contributed by atoms with Crippen molar-refractivity contribution >= 4 is 11.3 Å². The summed E-state index contributed by atoms with van der Waals surface area (Å²) in [6, 6.07) is 0. The first-order valence-corrected chi connectivity index (χ1v) is 3.99. The molecule has 3 nitrogen and oxygen atoms in total. The average Bonchev–Trinajstić information content (AvgIpc) is 2.38. The lowest BCUT2D eigenvalue weighted by Gasteiger charge is -2.03. The van der Waals surface area contributed by atoms with Gasteiger partial charge in [0.2, 0.25) is 0 Å². The Kier molecular flexibility index (Phi) is 2.80. The summed E-state index contributed by atoms with van der Waals surface area (Å²) in [6.45, 7) is 0.513. The summed E-state index contributed by atoms with van der Waals surface area (Å²) in [7, 11) is 0. The van der Waals surface area contributed by atoms with Crippen LogP contribution in [-0.4, -0.2) is 16.6 Å². The summed E-state index contributed by atoms with van der Waals surface area (Å²) in [5.74, 6) is 0. The van der Waals surface area contributed by atoms with Crippen LogP contribution in [-0.2, 0) is 0 Å². The van der Waals surface area contributed by atoms with Gasteiger partial charge in [-0.25, -0.2) is 0 Å². The molecule has 1 aromatic heterocycles. The number of thiazole rings is 1. The average molecular weight is 158 g/mol. The summed E-state index contributed by atoms with van der Waals surface area (Å²) in [6.07, 6.45) is 1.87. The maximum atomic E-state index is 9.30. The van der Waals surface area contributed by atoms with Crippen molar-refractivity contribution in [2.24, 2.45) is 5.73 Å². The Balaban J connectivity index is 2.50. The highest BCUT2D eigenvalue weighted by Crippen LogP contribution is 2.18. The SMILES string of the molecule is NCC[C@@H](O)c1cncs1. The summed E-state index contributed by atoms with van der Waals surface area (Å²) in [5, 5.41) is 9.30. The molecule has 1 heterocycles. The normalized spacial score (nSPS) is 13.4. The quantitative estimate of drug-likeness (QED) is 0.674. The van der Waals surface area contributed by atoms with Crippen molar-refractivity contribution in [2.75, 3.05) is 6.54 Å². The fraction of sp³-hybridized carbons (Fsp3) is 0.500. The highest BCUT2D eigenvalue weighted by atomic mass is 32.1. The lowest BCUT2D eigenvalue weighted by molar-refractivity contribution is 0.174. The molecule has 0 fully saturated rings. The zero-order chi connectivity index (χ0) is 7.40. The van der Waals surface area contributed by atoms with Gasteiger partial charge in [-0.2, -0.15) is 0 Å². The van der Waals surface area contributed by atoms with Gasteiger partial charge in [-0.3, -0.25) is 4.98 Å². The Hall–Kier alpha value is -0.450. The predicted molar refractivity (Wildman–Crippen MR) is 40.7 cm³/mol. The lowest BCUT2D eigenvalue weighted by atomic mass is 10.2. The summed E-state index contributed by atoms with van der Waals surface area (Å²) >= 11 is 1.45. The van der Waals surface area contributed by atoms with Crippen molar-refractivity contribution in [3.8, 4) is 0 Å². The van der Waals surface area contributed by atoms with E-state index in [4.69, 9.17) is 5.73 Å². The van der Waals surface area contributed by atoms with Crippen LogP contribution in [0.4, 0.5) is 0 Å². The van der Waals surface area contributed by atoms with Gasteiger partial charge in [0.1, 0.15) is 0 Å². The van der Waals surface area contributed by atoms with Gasteiger partial charge in [0.15, 0.2) is 0 Å². The van der Waals surface area contributed by atoms with Crippen molar-refractivity contribution in [3.05, 3.63) is 16.6 Å². The third-order valence-electron chi connectivity index (χ3n) is 1.22. The number of aliphatic hydroxyl groups is 1. The fourth-order valence-electron chi connectivity index (χ4n) is 0.690. The Bertz CT molecular complexity index is 176. The molecule has 0 saturated heterocycles. The van der Waals surface area contributed by atoms with Crippen LogP contribution in [0.15, 0.2) is 11.7 Å². The predicted octanol–water partition coefficient (Wildman–Crippen LogP) is 0.525. The molecule has 0 spiro atoms. The molecule has 0 bridgehead atoms. The standard InChI is InChI=1S/C6H10N2OS/c7-2-1-5(9)6-3-8-4-10-6/h3-5,9H,1-2,7H2/t5-/m1/s1. The molecule has 1 rings (SSSR count). The lowest BCUT2D eigenvalue weighted by Crippen LogP contribution is -2.05. The molecule has 0 aromatic carbocycles. The van der Waals surface area contributed by atoms with Gasteiger partial charge >= 0.3 is 0 Å². The van der Waals surface area contributed by atoms with Crippen LogP contribution < -0.4 is 5.73 Å². The molecule has 10 heavy (non-hydrogen) atoms. The third-order valence-corrected chi connectivity index (χ3v) is 2.10. The molecule has 0 radical (unpaired) electrons. The van der Waals surface area contributed by atoms with Crippen LogP contribution >= 0.6 is 11.3 Å². The number of hydrogen-bond acceptors (Lipinski definition) is 4. The topological polar surface area (TPSA) is 59.1 Å². The van der Waals surface area contributed by atoms with Crippen molar-refractivity contribution in [1.29, 1.82) is 0 Å². The van der Waals surface area contributed by atoms with Gasteiger partial charge in [0.25, 0.3) is 0 Å². The second-order valence-electron chi connectivity index (χ2n) is 2.00. The first-order chi connectivity index (χ1) is 4.84. The molecule has 0 amide bonds. The molecular weight excluding hydrogens is 148 g/mol. The molecular formula is C6H10N2OS. The minimum atomic E-state index is -0.419. The minimum Gasteiger partial charge on any atom is -0.387 e. The highest BCUT2D eigenvalue weighted by Gasteiger charge is 2.06. The van der Waals surface area contributed by atoms with E-state index in [9.17, 15) is 5.11 Å². The van der Waals surface area contributed by atoms with E-state index < -0.39 is 6.10 Å². The van der Waals surface area contributed by atoms with Crippen LogP contribution in [0.5, 0.6) is 0 Å². The number of aromatic nitrogens is 1. The maximum Gasteiger partial charge on any atom is 0.0910 e. The van der Waals surface area contributed by atoms with Crippen molar-refractivity contribution < 1.29 is 5.11 Å². The van der Waals surface area contributed by atoms with Crippen LogP contribution in [0, 0.1) is 0 Å². The Morgan fingerprint density at radius 1 is 1.80 bits per heavy atom. The van der Waals surface area contributed by atoms with Crippen LogP contribution in [0.2, 0.25) is 0 Å². The molecule has 0 saturated carbocycles. The van der Waals surface area contributed by atoms with Crippen molar-refractivity contribution in [3.63, 3.8) is 0 Å². The Morgan fingerprint density at radius 3 is 3.10 bits per heavy atom. The molecule has 0 aliphatic carbocycles. The van der Waals surface area contributed by atoms with Gasteiger partial charge in [-0.1, -0.05) is 0 Å². The van der Waals surface area contributed by atoms with Gasteiger partial charge < -0.3 is 10.8 Å². The molecule has 4 heteroatoms. The molecule has 0 aliphatic heterocycles. The second kappa shape index (κ2) is 3.65. The van der Waals surface area contributed by atoms with E-state index in [2.05, 4.69) is 4.98 Å². The van der Waals surface area contributed by atoms with Gasteiger partial charge in [-0.05, 0) is 13.0 Å². The number of rotatable bonds is 3. The van der Waals surface area contributed by atoms with Crippen molar-refractivity contribution in [1.82, 2.24) is 4.98 Å². The van der Waals surface area contributed by atoms with E-state index in [-0.39, 0.29) is 0 Å². The van der Waals surface area contributed by atoms with E-state index in [1.807, 2.05) is 0 Å². The van der Waals surface area contributed by atoms with E-state index in [0.29, 0.717) is 13.0 Å². The minimum absolute atomic E-state index is 0.419. The smallest absolute Gasteiger partial charge is 0.0910 e. The zero-order valence-corrected chi connectivity index (χ0v) is 6.34. The van der Waals surface area contributed by atoms with Gasteiger partial charge in [0.05, 0.1) is 16.5 Å². The van der Waals surface area contributed by atoms with Crippen LogP contribution in [0.1, 0.15) is 17.4 Å². The van der Waals surface area contributed by atoms with Gasteiger partial charge in [-0.15, -0.1) is 11.3 Å². The van der Waals surface area contributed by atoms with E-state index in [1.54, 1.807) is 11.7 Å².